The number of rotatable bonds is 5. The minimum Gasteiger partial charge on any atom is -0.497 e. The average molecular weight is 302 g/mol. The van der Waals surface area contributed by atoms with Gasteiger partial charge in [0.1, 0.15) is 17.3 Å². The van der Waals surface area contributed by atoms with Crippen molar-refractivity contribution in [2.24, 2.45) is 5.10 Å². The number of halogens is 1. The highest BCUT2D eigenvalue weighted by atomic mass is 19.1. The molecule has 0 aliphatic rings. The number of hydrazone groups is 1. The molecule has 0 bridgehead atoms. The molecule has 0 aromatic heterocycles. The first kappa shape index (κ1) is 15.5. The minimum atomic E-state index is -0.502. The molecule has 5 nitrogen and oxygen atoms in total. The summed E-state index contributed by atoms with van der Waals surface area (Å²) in [6.45, 7) is 0. The zero-order chi connectivity index (χ0) is 15.9. The predicted octanol–water partition coefficient (Wildman–Crippen LogP) is 2.61. The van der Waals surface area contributed by atoms with Crippen molar-refractivity contribution in [3.05, 3.63) is 59.4 Å². The average Bonchev–Trinajstić information content (AvgIpc) is 2.54. The number of amides is 1. The summed E-state index contributed by atoms with van der Waals surface area (Å²) in [5.41, 5.74) is 3.16. The maximum absolute atomic E-state index is 13.0. The molecule has 0 aliphatic carbocycles. The zero-order valence-electron chi connectivity index (χ0n) is 12.2. The number of nitrogens with one attached hydrogen (secondary N) is 1. The molecule has 114 valence electrons. The van der Waals surface area contributed by atoms with Gasteiger partial charge in [0.15, 0.2) is 0 Å². The SMILES string of the molecule is COc1ccc(OC)c(/C=N/NC(=O)c2cccc(F)c2)c1. The van der Waals surface area contributed by atoms with E-state index in [1.54, 1.807) is 25.3 Å². The van der Waals surface area contributed by atoms with Gasteiger partial charge in [0, 0.05) is 11.1 Å². The number of hydrogen-bond donors (Lipinski definition) is 1. The first-order valence-corrected chi connectivity index (χ1v) is 6.45. The number of methoxy groups -OCH3 is 2. The number of nitrogens with zero attached hydrogens (tertiary/aromatic N) is 1. The lowest BCUT2D eigenvalue weighted by Gasteiger charge is -2.06. The number of carbonyl (C=O) groups excluding carboxylic acids is 1. The van der Waals surface area contributed by atoms with E-state index in [2.05, 4.69) is 10.5 Å². The summed E-state index contributed by atoms with van der Waals surface area (Å²) in [5.74, 6) is 0.243. The van der Waals surface area contributed by atoms with Crippen molar-refractivity contribution in [1.29, 1.82) is 0 Å². The highest BCUT2D eigenvalue weighted by Gasteiger charge is 2.06. The second kappa shape index (κ2) is 7.21. The normalized spacial score (nSPS) is 10.5. The van der Waals surface area contributed by atoms with E-state index in [0.29, 0.717) is 17.1 Å². The van der Waals surface area contributed by atoms with E-state index in [1.807, 2.05) is 0 Å². The van der Waals surface area contributed by atoms with Crippen molar-refractivity contribution in [3.63, 3.8) is 0 Å². The van der Waals surface area contributed by atoms with Gasteiger partial charge >= 0.3 is 0 Å². The molecule has 6 heteroatoms. The Hall–Kier alpha value is -2.89. The van der Waals surface area contributed by atoms with Gasteiger partial charge in [-0.2, -0.15) is 5.10 Å². The summed E-state index contributed by atoms with van der Waals surface area (Å²) in [6.07, 6.45) is 1.43. The van der Waals surface area contributed by atoms with Crippen molar-refractivity contribution < 1.29 is 18.7 Å². The molecule has 2 rings (SSSR count). The minimum absolute atomic E-state index is 0.190. The van der Waals surface area contributed by atoms with Gasteiger partial charge in [-0.25, -0.2) is 9.82 Å². The Morgan fingerprint density at radius 2 is 2.00 bits per heavy atom. The van der Waals surface area contributed by atoms with Crippen LogP contribution in [0, 0.1) is 5.82 Å². The van der Waals surface area contributed by atoms with Crippen LogP contribution in [0.1, 0.15) is 15.9 Å². The van der Waals surface area contributed by atoms with Crippen LogP contribution in [0.15, 0.2) is 47.6 Å². The maximum Gasteiger partial charge on any atom is 0.271 e. The van der Waals surface area contributed by atoms with Gasteiger partial charge in [0.05, 0.1) is 20.4 Å². The van der Waals surface area contributed by atoms with E-state index in [-0.39, 0.29) is 5.56 Å². The van der Waals surface area contributed by atoms with E-state index in [9.17, 15) is 9.18 Å². The molecule has 0 saturated heterocycles. The third kappa shape index (κ3) is 3.82. The molecule has 2 aromatic carbocycles. The van der Waals surface area contributed by atoms with Gasteiger partial charge in [0.25, 0.3) is 5.91 Å². The Morgan fingerprint density at radius 3 is 2.68 bits per heavy atom. The van der Waals surface area contributed by atoms with E-state index in [4.69, 9.17) is 9.47 Å². The fraction of sp³-hybridized carbons (Fsp3) is 0.125. The van der Waals surface area contributed by atoms with Crippen LogP contribution in [0.2, 0.25) is 0 Å². The molecule has 0 spiro atoms. The predicted molar refractivity (Wildman–Crippen MR) is 81.0 cm³/mol. The molecular formula is C16H15FN2O3. The first-order valence-electron chi connectivity index (χ1n) is 6.45. The Kier molecular flexibility index (Phi) is 5.08. The summed E-state index contributed by atoms with van der Waals surface area (Å²) in [5, 5.41) is 3.85. The molecule has 0 atom stereocenters. The van der Waals surface area contributed by atoms with Crippen LogP contribution in [0.5, 0.6) is 11.5 Å². The van der Waals surface area contributed by atoms with Crippen LogP contribution in [0.3, 0.4) is 0 Å². The van der Waals surface area contributed by atoms with Crippen molar-refractivity contribution in [1.82, 2.24) is 5.43 Å². The Morgan fingerprint density at radius 1 is 1.18 bits per heavy atom. The molecule has 0 fully saturated rings. The molecule has 1 N–H and O–H groups in total. The van der Waals surface area contributed by atoms with Crippen LogP contribution in [0.4, 0.5) is 4.39 Å². The molecule has 2 aromatic rings. The van der Waals surface area contributed by atoms with Crippen molar-refractivity contribution in [3.8, 4) is 11.5 Å². The summed E-state index contributed by atoms with van der Waals surface area (Å²) >= 11 is 0. The molecule has 22 heavy (non-hydrogen) atoms. The van der Waals surface area contributed by atoms with Gasteiger partial charge in [0.2, 0.25) is 0 Å². The lowest BCUT2D eigenvalue weighted by atomic mass is 10.2. The fourth-order valence-electron chi connectivity index (χ4n) is 1.80. The van der Waals surface area contributed by atoms with Gasteiger partial charge in [-0.1, -0.05) is 6.07 Å². The highest BCUT2D eigenvalue weighted by Crippen LogP contribution is 2.22. The van der Waals surface area contributed by atoms with Crippen LogP contribution in [0.25, 0.3) is 0 Å². The van der Waals surface area contributed by atoms with Crippen LogP contribution in [-0.4, -0.2) is 26.3 Å². The molecular weight excluding hydrogens is 287 g/mol. The van der Waals surface area contributed by atoms with E-state index < -0.39 is 11.7 Å². The zero-order valence-corrected chi connectivity index (χ0v) is 12.2. The summed E-state index contributed by atoms with van der Waals surface area (Å²) < 4.78 is 23.4. The van der Waals surface area contributed by atoms with Crippen LogP contribution in [-0.2, 0) is 0 Å². The molecule has 0 heterocycles. The van der Waals surface area contributed by atoms with Crippen molar-refractivity contribution in [2.75, 3.05) is 14.2 Å². The standard InChI is InChI=1S/C16H15FN2O3/c1-21-14-6-7-15(22-2)12(9-14)10-18-19-16(20)11-4-3-5-13(17)8-11/h3-10H,1-2H3,(H,19,20)/b18-10+. The largest absolute Gasteiger partial charge is 0.497 e. The third-order valence-corrected chi connectivity index (χ3v) is 2.89. The topological polar surface area (TPSA) is 59.9 Å². The Balaban J connectivity index is 2.10. The maximum atomic E-state index is 13.0. The van der Waals surface area contributed by atoms with E-state index in [0.717, 1.165) is 6.07 Å². The highest BCUT2D eigenvalue weighted by molar-refractivity contribution is 5.95. The first-order chi connectivity index (χ1) is 10.6. The molecule has 0 unspecified atom stereocenters. The lowest BCUT2D eigenvalue weighted by molar-refractivity contribution is 0.0954. The summed E-state index contributed by atoms with van der Waals surface area (Å²) in [7, 11) is 3.08. The lowest BCUT2D eigenvalue weighted by Crippen LogP contribution is -2.17. The monoisotopic (exact) mass is 302 g/mol. The van der Waals surface area contributed by atoms with Crippen molar-refractivity contribution in [2.45, 2.75) is 0 Å². The third-order valence-electron chi connectivity index (χ3n) is 2.89. The van der Waals surface area contributed by atoms with Gasteiger partial charge in [-0.3, -0.25) is 4.79 Å². The Bertz CT molecular complexity index is 702. The number of hydrogen-bond acceptors (Lipinski definition) is 4. The Labute approximate surface area is 127 Å². The smallest absolute Gasteiger partial charge is 0.271 e. The van der Waals surface area contributed by atoms with Crippen LogP contribution < -0.4 is 14.9 Å². The number of carbonyl (C=O) groups is 1. The molecule has 0 aliphatic heterocycles. The number of ether oxygens (including phenoxy) is 2. The van der Waals surface area contributed by atoms with Crippen LogP contribution >= 0.6 is 0 Å². The van der Waals surface area contributed by atoms with Gasteiger partial charge in [-0.05, 0) is 36.4 Å². The summed E-state index contributed by atoms with van der Waals surface area (Å²) in [6, 6.07) is 10.6. The quantitative estimate of drug-likeness (QED) is 0.682. The molecule has 0 saturated carbocycles. The second-order valence-electron chi connectivity index (χ2n) is 4.32. The molecule has 1 amide bonds. The van der Waals surface area contributed by atoms with E-state index in [1.165, 1.54) is 31.5 Å². The van der Waals surface area contributed by atoms with Gasteiger partial charge in [-0.15, -0.1) is 0 Å². The molecule has 0 radical (unpaired) electrons. The summed E-state index contributed by atoms with van der Waals surface area (Å²) in [4.78, 5) is 11.8. The fourth-order valence-corrected chi connectivity index (χ4v) is 1.80. The van der Waals surface area contributed by atoms with Gasteiger partial charge < -0.3 is 9.47 Å². The number of benzene rings is 2. The van der Waals surface area contributed by atoms with E-state index >= 15 is 0 Å². The second-order valence-corrected chi connectivity index (χ2v) is 4.32. The van der Waals surface area contributed by atoms with Crippen molar-refractivity contribution >= 4 is 12.1 Å².